The number of rotatable bonds is 7. The van der Waals surface area contributed by atoms with Gasteiger partial charge in [-0.1, -0.05) is 54.6 Å². The van der Waals surface area contributed by atoms with Crippen molar-refractivity contribution in [3.63, 3.8) is 0 Å². The lowest BCUT2D eigenvalue weighted by molar-refractivity contribution is 0.0793. The number of benzene rings is 3. The normalized spacial score (nSPS) is 13.0. The van der Waals surface area contributed by atoms with Crippen LogP contribution in [0.3, 0.4) is 0 Å². The number of nitrogens with zero attached hydrogens (tertiary/aromatic N) is 3. The Labute approximate surface area is 203 Å². The predicted molar refractivity (Wildman–Crippen MR) is 135 cm³/mol. The molecule has 0 radical (unpaired) electrons. The van der Waals surface area contributed by atoms with Crippen LogP contribution >= 0.6 is 0 Å². The SMILES string of the molecule is O=C(c1cccc(Nc2c(Oc3ccccc3)cnn(Cc3ccccc3)c2=O)c1)N1CCCC1. The van der Waals surface area contributed by atoms with Crippen molar-refractivity contribution in [1.29, 1.82) is 0 Å². The smallest absolute Gasteiger partial charge is 0.294 e. The van der Waals surface area contributed by atoms with Gasteiger partial charge in [-0.05, 0) is 48.7 Å². The lowest BCUT2D eigenvalue weighted by Crippen LogP contribution is -2.27. The van der Waals surface area contributed by atoms with Gasteiger partial charge < -0.3 is 15.0 Å². The summed E-state index contributed by atoms with van der Waals surface area (Å²) in [5.74, 6) is 0.903. The Morgan fingerprint density at radius 3 is 2.37 bits per heavy atom. The Morgan fingerprint density at radius 2 is 1.63 bits per heavy atom. The summed E-state index contributed by atoms with van der Waals surface area (Å²) >= 11 is 0. The minimum absolute atomic E-state index is 0.00289. The maximum atomic E-state index is 13.5. The average Bonchev–Trinajstić information content (AvgIpc) is 3.44. The molecule has 4 aromatic rings. The Kier molecular flexibility index (Phi) is 6.57. The van der Waals surface area contributed by atoms with Gasteiger partial charge in [-0.25, -0.2) is 4.68 Å². The van der Waals surface area contributed by atoms with E-state index in [9.17, 15) is 9.59 Å². The fourth-order valence-electron chi connectivity index (χ4n) is 4.13. The summed E-state index contributed by atoms with van der Waals surface area (Å²) in [5, 5.41) is 7.55. The van der Waals surface area contributed by atoms with Crippen LogP contribution in [0.5, 0.6) is 11.5 Å². The molecule has 0 unspecified atom stereocenters. The summed E-state index contributed by atoms with van der Waals surface area (Å²) < 4.78 is 7.41. The molecule has 3 aromatic carbocycles. The van der Waals surface area contributed by atoms with Crippen molar-refractivity contribution in [2.75, 3.05) is 18.4 Å². The maximum Gasteiger partial charge on any atom is 0.294 e. The third-order valence-corrected chi connectivity index (χ3v) is 5.93. The van der Waals surface area contributed by atoms with E-state index in [1.807, 2.05) is 77.7 Å². The fourth-order valence-corrected chi connectivity index (χ4v) is 4.13. The van der Waals surface area contributed by atoms with E-state index in [1.165, 1.54) is 4.68 Å². The molecule has 2 heterocycles. The third kappa shape index (κ3) is 5.24. The fraction of sp³-hybridized carbons (Fsp3) is 0.179. The number of ether oxygens (including phenoxy) is 1. The van der Waals surface area contributed by atoms with Gasteiger partial charge in [0.1, 0.15) is 5.75 Å². The predicted octanol–water partition coefficient (Wildman–Crippen LogP) is 5.06. The largest absolute Gasteiger partial charge is 0.453 e. The van der Waals surface area contributed by atoms with Crippen molar-refractivity contribution >= 4 is 17.3 Å². The molecule has 1 saturated heterocycles. The second kappa shape index (κ2) is 10.3. The van der Waals surface area contributed by atoms with Gasteiger partial charge in [-0.15, -0.1) is 0 Å². The van der Waals surface area contributed by atoms with E-state index in [0.29, 0.717) is 29.3 Å². The third-order valence-electron chi connectivity index (χ3n) is 5.93. The molecule has 1 fully saturated rings. The van der Waals surface area contributed by atoms with Crippen molar-refractivity contribution in [3.05, 3.63) is 113 Å². The molecule has 1 aliphatic rings. The number of aromatic nitrogens is 2. The van der Waals surface area contributed by atoms with Crippen LogP contribution in [0.1, 0.15) is 28.8 Å². The molecular formula is C28H26N4O3. The second-order valence-electron chi connectivity index (χ2n) is 8.45. The Hall–Kier alpha value is -4.39. The Morgan fingerprint density at radius 1 is 0.914 bits per heavy atom. The average molecular weight is 467 g/mol. The summed E-state index contributed by atoms with van der Waals surface area (Å²) in [6.45, 7) is 1.88. The second-order valence-corrected chi connectivity index (χ2v) is 8.45. The van der Waals surface area contributed by atoms with E-state index in [0.717, 1.165) is 31.5 Å². The number of carbonyl (C=O) groups is 1. The van der Waals surface area contributed by atoms with Crippen molar-refractivity contribution in [1.82, 2.24) is 14.7 Å². The molecule has 7 nitrogen and oxygen atoms in total. The van der Waals surface area contributed by atoms with Gasteiger partial charge in [0.25, 0.3) is 11.5 Å². The highest BCUT2D eigenvalue weighted by Crippen LogP contribution is 2.29. The molecule has 0 atom stereocenters. The number of hydrogen-bond donors (Lipinski definition) is 1. The molecule has 1 aromatic heterocycles. The number of hydrogen-bond acceptors (Lipinski definition) is 5. The van der Waals surface area contributed by atoms with E-state index in [-0.39, 0.29) is 17.2 Å². The van der Waals surface area contributed by atoms with E-state index in [1.54, 1.807) is 18.3 Å². The minimum atomic E-state index is -0.321. The zero-order valence-corrected chi connectivity index (χ0v) is 19.3. The zero-order valence-electron chi connectivity index (χ0n) is 19.3. The maximum absolute atomic E-state index is 13.5. The topological polar surface area (TPSA) is 76.5 Å². The van der Waals surface area contributed by atoms with Gasteiger partial charge in [-0.3, -0.25) is 9.59 Å². The first-order valence-electron chi connectivity index (χ1n) is 11.7. The molecule has 1 N–H and O–H groups in total. The summed E-state index contributed by atoms with van der Waals surface area (Å²) in [5.41, 5.74) is 2.11. The van der Waals surface area contributed by atoms with Gasteiger partial charge >= 0.3 is 0 Å². The lowest BCUT2D eigenvalue weighted by atomic mass is 10.1. The first-order chi connectivity index (χ1) is 17.2. The number of anilines is 2. The van der Waals surface area contributed by atoms with E-state index >= 15 is 0 Å². The number of amides is 1. The highest BCUT2D eigenvalue weighted by Gasteiger charge is 2.20. The zero-order chi connectivity index (χ0) is 24.0. The molecule has 1 amide bonds. The number of para-hydroxylation sites is 1. The molecule has 0 saturated carbocycles. The minimum Gasteiger partial charge on any atom is -0.453 e. The summed E-state index contributed by atoms with van der Waals surface area (Å²) in [7, 11) is 0. The van der Waals surface area contributed by atoms with Crippen LogP contribution in [0.4, 0.5) is 11.4 Å². The first kappa shape index (κ1) is 22.4. The van der Waals surface area contributed by atoms with Crippen molar-refractivity contribution in [3.8, 4) is 11.5 Å². The van der Waals surface area contributed by atoms with Crippen LogP contribution in [0.15, 0.2) is 95.9 Å². The molecule has 0 bridgehead atoms. The van der Waals surface area contributed by atoms with E-state index in [2.05, 4.69) is 10.4 Å². The molecular weight excluding hydrogens is 440 g/mol. The van der Waals surface area contributed by atoms with Crippen molar-refractivity contribution < 1.29 is 9.53 Å². The Bertz CT molecular complexity index is 1360. The highest BCUT2D eigenvalue weighted by atomic mass is 16.5. The van der Waals surface area contributed by atoms with Gasteiger partial charge in [0.2, 0.25) is 0 Å². The van der Waals surface area contributed by atoms with Crippen LogP contribution in [0, 0.1) is 0 Å². The molecule has 0 spiro atoms. The van der Waals surface area contributed by atoms with Crippen LogP contribution < -0.4 is 15.6 Å². The standard InChI is InChI=1S/C28H26N4O3/c33-27(31-16-7-8-17-31)22-12-9-13-23(18-22)30-26-25(35-24-14-5-2-6-15-24)19-29-32(28(26)34)20-21-10-3-1-4-11-21/h1-6,9-15,18-19,30H,7-8,16-17,20H2. The van der Waals surface area contributed by atoms with Gasteiger partial charge in [0.05, 0.1) is 12.7 Å². The molecule has 5 rings (SSSR count). The van der Waals surface area contributed by atoms with Crippen LogP contribution in [-0.2, 0) is 6.54 Å². The lowest BCUT2D eigenvalue weighted by Gasteiger charge is -2.17. The quantitative estimate of drug-likeness (QED) is 0.412. The first-order valence-corrected chi connectivity index (χ1v) is 11.7. The summed E-state index contributed by atoms with van der Waals surface area (Å²) in [4.78, 5) is 28.2. The molecule has 35 heavy (non-hydrogen) atoms. The summed E-state index contributed by atoms with van der Waals surface area (Å²) in [6.07, 6.45) is 3.60. The monoisotopic (exact) mass is 466 g/mol. The number of carbonyl (C=O) groups excluding carboxylic acids is 1. The van der Waals surface area contributed by atoms with Crippen LogP contribution in [0.2, 0.25) is 0 Å². The van der Waals surface area contributed by atoms with Gasteiger partial charge in [0, 0.05) is 24.3 Å². The van der Waals surface area contributed by atoms with Gasteiger partial charge in [-0.2, -0.15) is 5.10 Å². The van der Waals surface area contributed by atoms with Crippen LogP contribution in [-0.4, -0.2) is 33.7 Å². The number of nitrogens with one attached hydrogen (secondary N) is 1. The number of likely N-dealkylation sites (tertiary alicyclic amines) is 1. The highest BCUT2D eigenvalue weighted by molar-refractivity contribution is 5.95. The Balaban J connectivity index is 1.49. The molecule has 0 aliphatic carbocycles. The van der Waals surface area contributed by atoms with Crippen molar-refractivity contribution in [2.45, 2.75) is 19.4 Å². The van der Waals surface area contributed by atoms with E-state index < -0.39 is 0 Å². The van der Waals surface area contributed by atoms with Crippen molar-refractivity contribution in [2.24, 2.45) is 0 Å². The molecule has 1 aliphatic heterocycles. The van der Waals surface area contributed by atoms with E-state index in [4.69, 9.17) is 4.74 Å². The van der Waals surface area contributed by atoms with Gasteiger partial charge in [0.15, 0.2) is 11.4 Å². The molecule has 7 heteroatoms. The van der Waals surface area contributed by atoms with Crippen LogP contribution in [0.25, 0.3) is 0 Å². The summed E-state index contributed by atoms with van der Waals surface area (Å²) in [6, 6.07) is 26.1. The molecule has 176 valence electrons.